The first-order valence-electron chi connectivity index (χ1n) is 6.97. The highest BCUT2D eigenvalue weighted by Crippen LogP contribution is 2.28. The van der Waals surface area contributed by atoms with Crippen molar-refractivity contribution in [1.82, 2.24) is 19.8 Å². The summed E-state index contributed by atoms with van der Waals surface area (Å²) in [4.78, 5) is 24.4. The van der Waals surface area contributed by atoms with Crippen LogP contribution < -0.4 is 15.6 Å². The number of carbonyl (C=O) groups excluding carboxylic acids is 1. The van der Waals surface area contributed by atoms with Gasteiger partial charge in [0.2, 0.25) is 10.9 Å². The predicted molar refractivity (Wildman–Crippen MR) is 97.0 cm³/mol. The zero-order valence-corrected chi connectivity index (χ0v) is 15.5. The summed E-state index contributed by atoms with van der Waals surface area (Å²) in [5, 5.41) is 15.1. The third-order valence-electron chi connectivity index (χ3n) is 3.09. The molecule has 0 saturated carbocycles. The van der Waals surface area contributed by atoms with Crippen LogP contribution in [0.3, 0.4) is 0 Å². The van der Waals surface area contributed by atoms with Crippen LogP contribution in [0.4, 0.5) is 5.69 Å². The standard InChI is InChI=1S/C14H12ClN5O3S2/c1-7-12(22)20-13(18-17-7)25-14(19-20)24-6-11(21)16-9-5-8(15)3-4-10(9)23-2/h3-5H,6H2,1-2H3,(H,16,21). The minimum Gasteiger partial charge on any atom is -0.495 e. The fraction of sp³-hybridized carbons (Fsp3) is 0.214. The normalized spacial score (nSPS) is 10.8. The molecular weight excluding hydrogens is 386 g/mol. The second kappa shape index (κ2) is 7.38. The lowest BCUT2D eigenvalue weighted by Crippen LogP contribution is -2.19. The van der Waals surface area contributed by atoms with Crippen LogP contribution in [0.5, 0.6) is 5.75 Å². The summed E-state index contributed by atoms with van der Waals surface area (Å²) in [5.41, 5.74) is 0.439. The number of nitrogens with zero attached hydrogens (tertiary/aromatic N) is 4. The minimum atomic E-state index is -0.318. The SMILES string of the molecule is COc1ccc(Cl)cc1NC(=O)CSc1nn2c(=O)c(C)nnc2s1. The molecule has 2 aromatic heterocycles. The van der Waals surface area contributed by atoms with Gasteiger partial charge in [0.15, 0.2) is 4.34 Å². The molecule has 0 radical (unpaired) electrons. The van der Waals surface area contributed by atoms with E-state index in [9.17, 15) is 9.59 Å². The molecule has 130 valence electrons. The number of hydrogen-bond acceptors (Lipinski definition) is 8. The van der Waals surface area contributed by atoms with Crippen molar-refractivity contribution >= 4 is 51.3 Å². The van der Waals surface area contributed by atoms with Crippen LogP contribution in [-0.4, -0.2) is 38.6 Å². The van der Waals surface area contributed by atoms with E-state index < -0.39 is 0 Å². The monoisotopic (exact) mass is 397 g/mol. The maximum absolute atomic E-state index is 12.2. The summed E-state index contributed by atoms with van der Waals surface area (Å²) < 4.78 is 6.92. The molecule has 0 spiro atoms. The fourth-order valence-electron chi connectivity index (χ4n) is 1.92. The van der Waals surface area contributed by atoms with Crippen molar-refractivity contribution in [3.8, 4) is 5.75 Å². The summed E-state index contributed by atoms with van der Waals surface area (Å²) in [6, 6.07) is 4.96. The Balaban J connectivity index is 1.70. The van der Waals surface area contributed by atoms with Gasteiger partial charge in [-0.3, -0.25) is 9.59 Å². The molecule has 0 unspecified atom stereocenters. The zero-order chi connectivity index (χ0) is 18.0. The van der Waals surface area contributed by atoms with Crippen molar-refractivity contribution in [3.63, 3.8) is 0 Å². The van der Waals surface area contributed by atoms with Gasteiger partial charge >= 0.3 is 0 Å². The lowest BCUT2D eigenvalue weighted by molar-refractivity contribution is -0.113. The summed E-state index contributed by atoms with van der Waals surface area (Å²) in [7, 11) is 1.51. The maximum atomic E-state index is 12.2. The molecule has 0 aliphatic carbocycles. The summed E-state index contributed by atoms with van der Waals surface area (Å²) in [5.74, 6) is 0.371. The van der Waals surface area contributed by atoms with E-state index in [0.717, 1.165) is 0 Å². The lowest BCUT2D eigenvalue weighted by atomic mass is 10.3. The molecule has 8 nitrogen and oxygen atoms in total. The number of benzene rings is 1. The van der Waals surface area contributed by atoms with E-state index in [-0.39, 0.29) is 22.9 Å². The molecule has 3 rings (SSSR count). The molecule has 0 saturated heterocycles. The third kappa shape index (κ3) is 3.91. The van der Waals surface area contributed by atoms with E-state index >= 15 is 0 Å². The molecule has 1 N–H and O–H groups in total. The van der Waals surface area contributed by atoms with Gasteiger partial charge in [0.25, 0.3) is 5.56 Å². The molecule has 25 heavy (non-hydrogen) atoms. The zero-order valence-electron chi connectivity index (χ0n) is 13.1. The first kappa shape index (κ1) is 17.6. The number of aryl methyl sites for hydroxylation is 1. The molecule has 0 bridgehead atoms. The van der Waals surface area contributed by atoms with Gasteiger partial charge in [0.05, 0.1) is 18.6 Å². The van der Waals surface area contributed by atoms with Crippen molar-refractivity contribution in [2.45, 2.75) is 11.3 Å². The van der Waals surface area contributed by atoms with Gasteiger partial charge in [-0.25, -0.2) is 0 Å². The summed E-state index contributed by atoms with van der Waals surface area (Å²) in [6.45, 7) is 1.57. The number of halogens is 1. The third-order valence-corrected chi connectivity index (χ3v) is 5.36. The number of aromatic nitrogens is 4. The van der Waals surface area contributed by atoms with E-state index in [2.05, 4.69) is 20.6 Å². The Kier molecular flexibility index (Phi) is 5.21. The number of carbonyl (C=O) groups is 1. The minimum absolute atomic E-state index is 0.108. The Labute approximate surface area is 155 Å². The van der Waals surface area contributed by atoms with Crippen LogP contribution in [-0.2, 0) is 4.79 Å². The first-order valence-corrected chi connectivity index (χ1v) is 9.15. The number of methoxy groups -OCH3 is 1. The highest BCUT2D eigenvalue weighted by atomic mass is 35.5. The maximum Gasteiger partial charge on any atom is 0.296 e. The van der Waals surface area contributed by atoms with Crippen molar-refractivity contribution < 1.29 is 9.53 Å². The molecule has 0 aliphatic heterocycles. The Morgan fingerprint density at radius 2 is 2.24 bits per heavy atom. The number of rotatable bonds is 5. The van der Waals surface area contributed by atoms with Crippen LogP contribution in [0.25, 0.3) is 4.96 Å². The number of fused-ring (bicyclic) bond motifs is 1. The van der Waals surface area contributed by atoms with Gasteiger partial charge in [0, 0.05) is 5.02 Å². The highest BCUT2D eigenvalue weighted by molar-refractivity contribution is 8.01. The largest absolute Gasteiger partial charge is 0.495 e. The van der Waals surface area contributed by atoms with Crippen LogP contribution in [0, 0.1) is 6.92 Å². The van der Waals surface area contributed by atoms with E-state index in [1.165, 1.54) is 34.7 Å². The van der Waals surface area contributed by atoms with Crippen molar-refractivity contribution in [1.29, 1.82) is 0 Å². The van der Waals surface area contributed by atoms with E-state index in [0.29, 0.717) is 25.8 Å². The average molecular weight is 398 g/mol. The molecule has 1 aromatic carbocycles. The molecule has 0 atom stereocenters. The summed E-state index contributed by atoms with van der Waals surface area (Å²) >= 11 is 8.33. The highest BCUT2D eigenvalue weighted by Gasteiger charge is 2.13. The first-order chi connectivity index (χ1) is 12.0. The van der Waals surface area contributed by atoms with Gasteiger partial charge in [-0.15, -0.1) is 15.3 Å². The molecule has 2 heterocycles. The number of hydrogen-bond donors (Lipinski definition) is 1. The van der Waals surface area contributed by atoms with Gasteiger partial charge in [-0.2, -0.15) is 4.52 Å². The van der Waals surface area contributed by atoms with Crippen molar-refractivity contribution in [3.05, 3.63) is 39.3 Å². The number of anilines is 1. The topological polar surface area (TPSA) is 98.5 Å². The molecule has 0 aliphatic rings. The van der Waals surface area contributed by atoms with Crippen LogP contribution >= 0.6 is 34.7 Å². The van der Waals surface area contributed by atoms with Crippen molar-refractivity contribution in [2.75, 3.05) is 18.2 Å². The second-order valence-electron chi connectivity index (χ2n) is 4.83. The smallest absolute Gasteiger partial charge is 0.296 e. The Bertz CT molecular complexity index is 1000. The average Bonchev–Trinajstić information content (AvgIpc) is 3.01. The van der Waals surface area contributed by atoms with Crippen LogP contribution in [0.15, 0.2) is 27.3 Å². The molecule has 11 heteroatoms. The fourth-order valence-corrected chi connectivity index (χ4v) is 3.77. The van der Waals surface area contributed by atoms with E-state index in [1.807, 2.05) is 0 Å². The lowest BCUT2D eigenvalue weighted by Gasteiger charge is -2.09. The van der Waals surface area contributed by atoms with Gasteiger partial charge < -0.3 is 10.1 Å². The quantitative estimate of drug-likeness (QED) is 0.659. The van der Waals surface area contributed by atoms with E-state index in [1.54, 1.807) is 25.1 Å². The van der Waals surface area contributed by atoms with E-state index in [4.69, 9.17) is 16.3 Å². The van der Waals surface area contributed by atoms with Gasteiger partial charge in [-0.05, 0) is 25.1 Å². The Morgan fingerprint density at radius 3 is 3.00 bits per heavy atom. The Hall–Kier alpha value is -2.17. The Morgan fingerprint density at radius 1 is 1.44 bits per heavy atom. The predicted octanol–water partition coefficient (Wildman–Crippen LogP) is 2.25. The molecular formula is C14H12ClN5O3S2. The van der Waals surface area contributed by atoms with Crippen molar-refractivity contribution in [2.24, 2.45) is 0 Å². The second-order valence-corrected chi connectivity index (χ2v) is 7.45. The van der Waals surface area contributed by atoms with Gasteiger partial charge in [0.1, 0.15) is 11.4 Å². The summed E-state index contributed by atoms with van der Waals surface area (Å²) in [6.07, 6.45) is 0. The van der Waals surface area contributed by atoms with Crippen LogP contribution in [0.2, 0.25) is 5.02 Å². The number of ether oxygens (including phenoxy) is 1. The number of nitrogens with one attached hydrogen (secondary N) is 1. The molecule has 0 fully saturated rings. The van der Waals surface area contributed by atoms with Crippen LogP contribution in [0.1, 0.15) is 5.69 Å². The number of thioether (sulfide) groups is 1. The molecule has 1 amide bonds. The molecule has 3 aromatic rings. The van der Waals surface area contributed by atoms with Gasteiger partial charge in [-0.1, -0.05) is 34.7 Å². The number of amides is 1.